The second-order valence-corrected chi connectivity index (χ2v) is 6.63. The normalized spacial score (nSPS) is 17.8. The molecular formula is C17H19N3O2S. The van der Waals surface area contributed by atoms with Gasteiger partial charge in [0.15, 0.2) is 0 Å². The van der Waals surface area contributed by atoms with Crippen LogP contribution in [0, 0.1) is 6.92 Å². The highest BCUT2D eigenvalue weighted by Crippen LogP contribution is 2.22. The number of fused-ring (bicyclic) bond motifs is 1. The van der Waals surface area contributed by atoms with Crippen molar-refractivity contribution in [1.29, 1.82) is 0 Å². The first-order valence-corrected chi connectivity index (χ1v) is 8.95. The molecule has 1 aromatic heterocycles. The number of aryl methyl sites for hydroxylation is 1. The molecule has 2 heterocycles. The van der Waals surface area contributed by atoms with E-state index in [9.17, 15) is 9.59 Å². The molecule has 23 heavy (non-hydrogen) atoms. The lowest BCUT2D eigenvalue weighted by atomic mass is 10.1. The maximum absolute atomic E-state index is 12.5. The Hall–Kier alpha value is -2.08. The van der Waals surface area contributed by atoms with Crippen LogP contribution in [0.2, 0.25) is 0 Å². The molecule has 0 aliphatic carbocycles. The van der Waals surface area contributed by atoms with Gasteiger partial charge >= 0.3 is 6.03 Å². The van der Waals surface area contributed by atoms with E-state index in [1.165, 1.54) is 4.90 Å². The molecule has 0 saturated carbocycles. The molecule has 1 atom stereocenters. The predicted octanol–water partition coefficient (Wildman–Crippen LogP) is 2.72. The Balaban J connectivity index is 1.87. The molecule has 1 N–H and O–H groups in total. The van der Waals surface area contributed by atoms with Crippen molar-refractivity contribution in [3.63, 3.8) is 0 Å². The Kier molecular flexibility index (Phi) is 4.52. The van der Waals surface area contributed by atoms with Gasteiger partial charge in [-0.1, -0.05) is 18.2 Å². The Labute approximate surface area is 139 Å². The highest BCUT2D eigenvalue weighted by atomic mass is 32.2. The number of benzene rings is 1. The number of carbonyl (C=O) groups is 2. The minimum Gasteiger partial charge on any atom is -0.326 e. The Bertz CT molecular complexity index is 763. The Morgan fingerprint density at radius 2 is 2.09 bits per heavy atom. The van der Waals surface area contributed by atoms with Gasteiger partial charge in [-0.25, -0.2) is 4.79 Å². The zero-order valence-electron chi connectivity index (χ0n) is 13.2. The number of nitrogens with zero attached hydrogens (tertiary/aromatic N) is 2. The Morgan fingerprint density at radius 1 is 1.30 bits per heavy atom. The summed E-state index contributed by atoms with van der Waals surface area (Å²) >= 11 is 1.67. The van der Waals surface area contributed by atoms with Crippen LogP contribution in [0.15, 0.2) is 30.3 Å². The maximum atomic E-state index is 12.5. The summed E-state index contributed by atoms with van der Waals surface area (Å²) in [7, 11) is 0. The molecule has 1 aliphatic rings. The Morgan fingerprint density at radius 3 is 2.87 bits per heavy atom. The van der Waals surface area contributed by atoms with Gasteiger partial charge in [-0.2, -0.15) is 11.8 Å². The number of para-hydroxylation sites is 1. The fourth-order valence-electron chi connectivity index (χ4n) is 2.85. The van der Waals surface area contributed by atoms with E-state index in [0.717, 1.165) is 27.9 Å². The number of rotatable bonds is 5. The monoisotopic (exact) mass is 329 g/mol. The van der Waals surface area contributed by atoms with Gasteiger partial charge < -0.3 is 5.32 Å². The van der Waals surface area contributed by atoms with Crippen molar-refractivity contribution in [2.75, 3.05) is 12.0 Å². The first kappa shape index (κ1) is 15.8. The van der Waals surface area contributed by atoms with Gasteiger partial charge in [0.2, 0.25) is 0 Å². The summed E-state index contributed by atoms with van der Waals surface area (Å²) in [5.74, 6) is 0.713. The number of aromatic nitrogens is 1. The van der Waals surface area contributed by atoms with Crippen LogP contribution >= 0.6 is 11.8 Å². The van der Waals surface area contributed by atoms with Crippen molar-refractivity contribution in [3.05, 3.63) is 41.6 Å². The van der Waals surface area contributed by atoms with Crippen LogP contribution in [0.4, 0.5) is 4.79 Å². The van der Waals surface area contributed by atoms with E-state index in [0.29, 0.717) is 6.42 Å². The summed E-state index contributed by atoms with van der Waals surface area (Å²) in [6.45, 7) is 2.20. The van der Waals surface area contributed by atoms with Crippen molar-refractivity contribution < 1.29 is 9.59 Å². The van der Waals surface area contributed by atoms with E-state index in [1.54, 1.807) is 11.8 Å². The van der Waals surface area contributed by atoms with E-state index in [-0.39, 0.29) is 18.5 Å². The molecule has 1 aromatic carbocycles. The second kappa shape index (κ2) is 6.58. The number of thioether (sulfide) groups is 1. The summed E-state index contributed by atoms with van der Waals surface area (Å²) in [6.07, 6.45) is 2.66. The van der Waals surface area contributed by atoms with Gasteiger partial charge in [-0.05, 0) is 43.0 Å². The molecule has 0 bridgehead atoms. The number of imide groups is 1. The molecule has 3 rings (SSSR count). The predicted molar refractivity (Wildman–Crippen MR) is 92.3 cm³/mol. The molecule has 3 amide bonds. The van der Waals surface area contributed by atoms with E-state index in [4.69, 9.17) is 0 Å². The van der Waals surface area contributed by atoms with E-state index in [1.807, 2.05) is 43.5 Å². The maximum Gasteiger partial charge on any atom is 0.325 e. The molecule has 2 aromatic rings. The first-order chi connectivity index (χ1) is 11.1. The average Bonchev–Trinajstić information content (AvgIpc) is 2.80. The summed E-state index contributed by atoms with van der Waals surface area (Å²) in [6, 6.07) is 9.03. The van der Waals surface area contributed by atoms with Crippen LogP contribution in [-0.2, 0) is 11.3 Å². The standard InChI is InChI=1S/C17H19N3O2S/c1-11-9-12(13-5-3-4-6-14(13)18-11)10-20-16(21)15(7-8-23-2)19-17(20)22/h3-6,9,15H,7-8,10H2,1-2H3,(H,19,22). The number of pyridine rings is 1. The first-order valence-electron chi connectivity index (χ1n) is 7.56. The molecule has 1 unspecified atom stereocenters. The molecule has 0 radical (unpaired) electrons. The molecular weight excluding hydrogens is 310 g/mol. The smallest absolute Gasteiger partial charge is 0.325 e. The zero-order chi connectivity index (χ0) is 16.4. The van der Waals surface area contributed by atoms with E-state index in [2.05, 4.69) is 10.3 Å². The largest absolute Gasteiger partial charge is 0.326 e. The number of urea groups is 1. The third kappa shape index (κ3) is 3.17. The summed E-state index contributed by atoms with van der Waals surface area (Å²) in [5.41, 5.74) is 2.71. The van der Waals surface area contributed by atoms with Crippen molar-refractivity contribution >= 4 is 34.6 Å². The van der Waals surface area contributed by atoms with Crippen molar-refractivity contribution in [1.82, 2.24) is 15.2 Å². The SMILES string of the molecule is CSCCC1NC(=O)N(Cc2cc(C)nc3ccccc23)C1=O. The number of nitrogens with one attached hydrogen (secondary N) is 1. The topological polar surface area (TPSA) is 62.3 Å². The van der Waals surface area contributed by atoms with Crippen molar-refractivity contribution in [3.8, 4) is 0 Å². The van der Waals surface area contributed by atoms with Gasteiger partial charge in [-0.3, -0.25) is 14.7 Å². The number of amides is 3. The minimum atomic E-state index is -0.399. The van der Waals surface area contributed by atoms with E-state index >= 15 is 0 Å². The van der Waals surface area contributed by atoms with Crippen LogP contribution in [-0.4, -0.2) is 39.9 Å². The second-order valence-electron chi connectivity index (χ2n) is 5.65. The van der Waals surface area contributed by atoms with Crippen LogP contribution in [0.3, 0.4) is 0 Å². The molecule has 1 aliphatic heterocycles. The molecule has 6 heteroatoms. The minimum absolute atomic E-state index is 0.136. The fourth-order valence-corrected chi connectivity index (χ4v) is 3.33. The molecule has 1 saturated heterocycles. The average molecular weight is 329 g/mol. The number of hydrogen-bond donors (Lipinski definition) is 1. The lowest BCUT2D eigenvalue weighted by Gasteiger charge is -2.15. The number of carbonyl (C=O) groups excluding carboxylic acids is 2. The van der Waals surface area contributed by atoms with Crippen LogP contribution in [0.5, 0.6) is 0 Å². The third-order valence-electron chi connectivity index (χ3n) is 3.98. The third-order valence-corrected chi connectivity index (χ3v) is 4.62. The van der Waals surface area contributed by atoms with Gasteiger partial charge in [0, 0.05) is 11.1 Å². The molecule has 1 fully saturated rings. The summed E-state index contributed by atoms with van der Waals surface area (Å²) in [5, 5.41) is 3.76. The van der Waals surface area contributed by atoms with Crippen molar-refractivity contribution in [2.24, 2.45) is 0 Å². The van der Waals surface area contributed by atoms with Gasteiger partial charge in [0.1, 0.15) is 6.04 Å². The van der Waals surface area contributed by atoms with Crippen LogP contribution in [0.1, 0.15) is 17.7 Å². The molecule has 0 spiro atoms. The summed E-state index contributed by atoms with van der Waals surface area (Å²) < 4.78 is 0. The highest BCUT2D eigenvalue weighted by Gasteiger charge is 2.37. The zero-order valence-corrected chi connectivity index (χ0v) is 14.0. The van der Waals surface area contributed by atoms with Crippen LogP contribution in [0.25, 0.3) is 10.9 Å². The van der Waals surface area contributed by atoms with Crippen LogP contribution < -0.4 is 5.32 Å². The van der Waals surface area contributed by atoms with Gasteiger partial charge in [-0.15, -0.1) is 0 Å². The quantitative estimate of drug-likeness (QED) is 0.857. The number of hydrogen-bond acceptors (Lipinski definition) is 4. The highest BCUT2D eigenvalue weighted by molar-refractivity contribution is 7.98. The fraction of sp³-hybridized carbons (Fsp3) is 0.353. The molecule has 120 valence electrons. The lowest BCUT2D eigenvalue weighted by Crippen LogP contribution is -2.31. The van der Waals surface area contributed by atoms with Gasteiger partial charge in [0.25, 0.3) is 5.91 Å². The summed E-state index contributed by atoms with van der Waals surface area (Å²) in [4.78, 5) is 30.4. The van der Waals surface area contributed by atoms with E-state index < -0.39 is 6.04 Å². The van der Waals surface area contributed by atoms with Crippen molar-refractivity contribution in [2.45, 2.75) is 25.9 Å². The lowest BCUT2D eigenvalue weighted by molar-refractivity contribution is -0.127. The molecule has 5 nitrogen and oxygen atoms in total. The van der Waals surface area contributed by atoms with Gasteiger partial charge in [0.05, 0.1) is 12.1 Å².